The first-order valence-electron chi connectivity index (χ1n) is 3.34. The number of methoxy groups -OCH3 is 1. The van der Waals surface area contributed by atoms with Gasteiger partial charge in [0.25, 0.3) is 0 Å². The molecule has 0 radical (unpaired) electrons. The second-order valence-corrected chi connectivity index (χ2v) is 3.15. The summed E-state index contributed by atoms with van der Waals surface area (Å²) in [6.07, 6.45) is 0. The molecule has 0 saturated heterocycles. The van der Waals surface area contributed by atoms with Gasteiger partial charge in [-0.25, -0.2) is 4.79 Å². The normalized spacial score (nSPS) is 9.69. The van der Waals surface area contributed by atoms with Gasteiger partial charge in [0.05, 0.1) is 12.7 Å². The Morgan fingerprint density at radius 3 is 2.69 bits per heavy atom. The molecule has 0 aliphatic carbocycles. The van der Waals surface area contributed by atoms with Gasteiger partial charge in [0.15, 0.2) is 0 Å². The van der Waals surface area contributed by atoms with Crippen LogP contribution in [0.1, 0.15) is 10.4 Å². The molecule has 0 spiro atoms. The summed E-state index contributed by atoms with van der Waals surface area (Å²) in [4.78, 5) is 10.6. The van der Waals surface area contributed by atoms with Crippen LogP contribution in [0.2, 0.25) is 0 Å². The van der Waals surface area contributed by atoms with E-state index in [2.05, 4.69) is 15.9 Å². The molecule has 0 unspecified atom stereocenters. The maximum absolute atomic E-state index is 11.2. The molecular weight excluding hydrogens is 240 g/mol. The van der Waals surface area contributed by atoms with Crippen LogP contribution in [0.25, 0.3) is 0 Å². The van der Waals surface area contributed by atoms with E-state index in [0.717, 1.165) is 0 Å². The van der Waals surface area contributed by atoms with E-state index in [1.54, 1.807) is 0 Å². The third-order valence-corrected chi connectivity index (χ3v) is 2.07. The average molecular weight is 246 g/mol. The Bertz CT molecular complexity index is 348. The minimum Gasteiger partial charge on any atom is -0.869 e. The number of rotatable bonds is 2. The molecule has 0 amide bonds. The van der Waals surface area contributed by atoms with Crippen molar-refractivity contribution < 1.29 is 19.7 Å². The van der Waals surface area contributed by atoms with Crippen LogP contribution in [0.5, 0.6) is 11.5 Å². The number of carbonyl (C=O) groups is 1. The van der Waals surface area contributed by atoms with E-state index < -0.39 is 5.97 Å². The number of hydrogen-bond acceptors (Lipinski definition) is 3. The Hall–Kier alpha value is -1.23. The maximum Gasteiger partial charge on any atom is 0.335 e. The first-order valence-corrected chi connectivity index (χ1v) is 4.13. The highest BCUT2D eigenvalue weighted by molar-refractivity contribution is 9.10. The number of carboxylic acid groups (broad SMARTS) is 1. The van der Waals surface area contributed by atoms with E-state index in [9.17, 15) is 9.90 Å². The van der Waals surface area contributed by atoms with Gasteiger partial charge in [0.2, 0.25) is 0 Å². The van der Waals surface area contributed by atoms with Gasteiger partial charge in [-0.2, -0.15) is 0 Å². The summed E-state index contributed by atoms with van der Waals surface area (Å²) in [5.41, 5.74) is 0.0170. The fourth-order valence-electron chi connectivity index (χ4n) is 0.843. The maximum atomic E-state index is 11.2. The Balaban J connectivity index is 3.30. The van der Waals surface area contributed by atoms with Crippen molar-refractivity contribution in [3.63, 3.8) is 0 Å². The molecule has 0 saturated carbocycles. The van der Waals surface area contributed by atoms with Gasteiger partial charge >= 0.3 is 5.97 Å². The van der Waals surface area contributed by atoms with Crippen molar-refractivity contribution in [2.24, 2.45) is 0 Å². The molecule has 1 N–H and O–H groups in total. The van der Waals surface area contributed by atoms with Crippen LogP contribution in [0.15, 0.2) is 16.6 Å². The molecule has 70 valence electrons. The Morgan fingerprint density at radius 1 is 1.62 bits per heavy atom. The SMILES string of the molecule is COc1cc(C(=O)O)cc(Br)c1[O-]. The van der Waals surface area contributed by atoms with Crippen molar-refractivity contribution in [1.29, 1.82) is 0 Å². The summed E-state index contributed by atoms with van der Waals surface area (Å²) in [6, 6.07) is 2.43. The van der Waals surface area contributed by atoms with Crippen molar-refractivity contribution in [3.8, 4) is 11.5 Å². The van der Waals surface area contributed by atoms with Crippen molar-refractivity contribution in [1.82, 2.24) is 0 Å². The lowest BCUT2D eigenvalue weighted by molar-refractivity contribution is -0.271. The number of ether oxygens (including phenoxy) is 1. The highest BCUT2D eigenvalue weighted by atomic mass is 79.9. The van der Waals surface area contributed by atoms with Crippen molar-refractivity contribution in [2.75, 3.05) is 7.11 Å². The molecular formula is C8H6BrO4-. The first kappa shape index (κ1) is 9.85. The third-order valence-electron chi connectivity index (χ3n) is 1.48. The second-order valence-electron chi connectivity index (χ2n) is 2.29. The number of aromatic carboxylic acids is 1. The van der Waals surface area contributed by atoms with Gasteiger partial charge in [-0.05, 0) is 12.1 Å². The molecule has 1 aromatic carbocycles. The molecule has 4 nitrogen and oxygen atoms in total. The zero-order chi connectivity index (χ0) is 10.0. The Morgan fingerprint density at radius 2 is 2.23 bits per heavy atom. The minimum absolute atomic E-state index is 0.0170. The smallest absolute Gasteiger partial charge is 0.335 e. The van der Waals surface area contributed by atoms with Crippen molar-refractivity contribution >= 4 is 21.9 Å². The van der Waals surface area contributed by atoms with Crippen LogP contribution in [0.3, 0.4) is 0 Å². The predicted molar refractivity (Wildman–Crippen MR) is 47.1 cm³/mol. The van der Waals surface area contributed by atoms with Gasteiger partial charge in [-0.1, -0.05) is 21.7 Å². The predicted octanol–water partition coefficient (Wildman–Crippen LogP) is 1.23. The van der Waals surface area contributed by atoms with E-state index in [1.165, 1.54) is 19.2 Å². The lowest BCUT2D eigenvalue weighted by Gasteiger charge is -2.14. The highest BCUT2D eigenvalue weighted by Gasteiger charge is 2.07. The molecule has 1 aromatic rings. The molecule has 0 heterocycles. The summed E-state index contributed by atoms with van der Waals surface area (Å²) in [5.74, 6) is -1.43. The van der Waals surface area contributed by atoms with Gasteiger partial charge in [0.1, 0.15) is 5.75 Å². The number of hydrogen-bond donors (Lipinski definition) is 1. The fourth-order valence-corrected chi connectivity index (χ4v) is 1.29. The Kier molecular flexibility index (Phi) is 2.77. The molecule has 0 bridgehead atoms. The van der Waals surface area contributed by atoms with Crippen LogP contribution in [-0.2, 0) is 0 Å². The van der Waals surface area contributed by atoms with Gasteiger partial charge in [-0.3, -0.25) is 0 Å². The van der Waals surface area contributed by atoms with Gasteiger partial charge in [0, 0.05) is 4.47 Å². The summed E-state index contributed by atoms with van der Waals surface area (Å²) in [7, 11) is 1.31. The van der Waals surface area contributed by atoms with E-state index in [0.29, 0.717) is 0 Å². The average Bonchev–Trinajstić information content (AvgIpc) is 2.09. The van der Waals surface area contributed by atoms with E-state index >= 15 is 0 Å². The zero-order valence-corrected chi connectivity index (χ0v) is 8.29. The zero-order valence-electron chi connectivity index (χ0n) is 6.70. The molecule has 0 atom stereocenters. The molecule has 0 fully saturated rings. The standard InChI is InChI=1S/C8H7BrO4/c1-13-6-3-4(8(11)12)2-5(9)7(6)10/h2-3,10H,1H3,(H,11,12)/p-1. The van der Waals surface area contributed by atoms with Crippen molar-refractivity contribution in [3.05, 3.63) is 22.2 Å². The van der Waals surface area contributed by atoms with Crippen LogP contribution < -0.4 is 9.84 Å². The Labute approximate surface area is 82.9 Å². The number of carboxylic acids is 1. The van der Waals surface area contributed by atoms with Gasteiger partial charge < -0.3 is 14.9 Å². The third kappa shape index (κ3) is 1.92. The van der Waals surface area contributed by atoms with Crippen molar-refractivity contribution in [2.45, 2.75) is 0 Å². The largest absolute Gasteiger partial charge is 0.869 e. The topological polar surface area (TPSA) is 69.6 Å². The second kappa shape index (κ2) is 3.66. The molecule has 13 heavy (non-hydrogen) atoms. The molecule has 1 rings (SSSR count). The summed E-state index contributed by atoms with van der Waals surface area (Å²) >= 11 is 2.95. The quantitative estimate of drug-likeness (QED) is 0.851. The lowest BCUT2D eigenvalue weighted by atomic mass is 10.2. The number of halogens is 1. The molecule has 0 aromatic heterocycles. The monoisotopic (exact) mass is 245 g/mol. The van der Waals surface area contributed by atoms with Gasteiger partial charge in [-0.15, -0.1) is 0 Å². The van der Waals surface area contributed by atoms with Crippen LogP contribution in [0, 0.1) is 0 Å². The summed E-state index contributed by atoms with van der Waals surface area (Å²) < 4.78 is 4.90. The van der Waals surface area contributed by atoms with E-state index in [1.807, 2.05) is 0 Å². The lowest BCUT2D eigenvalue weighted by Crippen LogP contribution is -2.01. The molecule has 5 heteroatoms. The molecule has 0 aliphatic heterocycles. The van der Waals surface area contributed by atoms with E-state index in [-0.39, 0.29) is 21.5 Å². The highest BCUT2D eigenvalue weighted by Crippen LogP contribution is 2.32. The van der Waals surface area contributed by atoms with Crippen LogP contribution >= 0.6 is 15.9 Å². The number of benzene rings is 1. The fraction of sp³-hybridized carbons (Fsp3) is 0.125. The minimum atomic E-state index is -1.10. The summed E-state index contributed by atoms with van der Waals surface area (Å²) in [5, 5.41) is 19.9. The van der Waals surface area contributed by atoms with Crippen LogP contribution in [-0.4, -0.2) is 18.2 Å². The summed E-state index contributed by atoms with van der Waals surface area (Å²) in [6.45, 7) is 0. The van der Waals surface area contributed by atoms with Crippen LogP contribution in [0.4, 0.5) is 0 Å². The van der Waals surface area contributed by atoms with E-state index in [4.69, 9.17) is 9.84 Å². The first-order chi connectivity index (χ1) is 6.06. The molecule has 0 aliphatic rings.